The van der Waals surface area contributed by atoms with Crippen molar-refractivity contribution >= 4 is 5.91 Å². The van der Waals surface area contributed by atoms with Gasteiger partial charge in [-0.2, -0.15) is 0 Å². The first kappa shape index (κ1) is 10.9. The average molecular weight is 220 g/mol. The van der Waals surface area contributed by atoms with Gasteiger partial charge in [0.15, 0.2) is 0 Å². The molecule has 16 heavy (non-hydrogen) atoms. The zero-order valence-corrected chi connectivity index (χ0v) is 9.38. The number of pyridine rings is 1. The van der Waals surface area contributed by atoms with Crippen LogP contribution in [0.3, 0.4) is 0 Å². The molecule has 0 unspecified atom stereocenters. The number of rotatable bonds is 3. The molecule has 2 rings (SSSR count). The molecule has 1 heterocycles. The Kier molecular flexibility index (Phi) is 2.81. The molecule has 2 N–H and O–H groups in total. The standard InChI is InChI=1S/C12H16N2O2/c1-2-12(7-4-8-12)14-11(16)9-5-3-6-10(15)13-9/h3,5-6H,2,4,7-8H2,1H3,(H,13,15)(H,14,16). The van der Waals surface area contributed by atoms with Gasteiger partial charge in [0, 0.05) is 11.6 Å². The maximum absolute atomic E-state index is 11.9. The van der Waals surface area contributed by atoms with Crippen LogP contribution < -0.4 is 10.9 Å². The van der Waals surface area contributed by atoms with Crippen molar-refractivity contribution in [3.8, 4) is 0 Å². The van der Waals surface area contributed by atoms with Crippen molar-refractivity contribution in [2.45, 2.75) is 38.1 Å². The van der Waals surface area contributed by atoms with Gasteiger partial charge in [0.25, 0.3) is 5.91 Å². The molecule has 0 spiro atoms. The minimum absolute atomic E-state index is 0.0379. The van der Waals surface area contributed by atoms with Gasteiger partial charge < -0.3 is 10.3 Å². The maximum atomic E-state index is 11.9. The van der Waals surface area contributed by atoms with Crippen LogP contribution in [0.1, 0.15) is 43.1 Å². The number of aromatic nitrogens is 1. The largest absolute Gasteiger partial charge is 0.345 e. The van der Waals surface area contributed by atoms with Crippen molar-refractivity contribution < 1.29 is 4.79 Å². The molecule has 0 atom stereocenters. The fourth-order valence-electron chi connectivity index (χ4n) is 2.06. The Hall–Kier alpha value is -1.58. The number of carbonyl (C=O) groups is 1. The quantitative estimate of drug-likeness (QED) is 0.809. The number of aromatic amines is 1. The van der Waals surface area contributed by atoms with Crippen LogP contribution in [-0.4, -0.2) is 16.4 Å². The number of nitrogens with one attached hydrogen (secondary N) is 2. The minimum atomic E-state index is -0.244. The van der Waals surface area contributed by atoms with E-state index in [9.17, 15) is 9.59 Å². The van der Waals surface area contributed by atoms with E-state index in [4.69, 9.17) is 0 Å². The SMILES string of the molecule is CCC1(NC(=O)c2cccc(=O)[nH]2)CCC1. The van der Waals surface area contributed by atoms with Crippen molar-refractivity contribution in [3.63, 3.8) is 0 Å². The van der Waals surface area contributed by atoms with Crippen LogP contribution in [0.4, 0.5) is 0 Å². The normalized spacial score (nSPS) is 17.6. The van der Waals surface area contributed by atoms with Crippen LogP contribution in [0.5, 0.6) is 0 Å². The van der Waals surface area contributed by atoms with E-state index in [-0.39, 0.29) is 17.0 Å². The first-order valence-electron chi connectivity index (χ1n) is 5.67. The summed E-state index contributed by atoms with van der Waals surface area (Å²) in [7, 11) is 0. The lowest BCUT2D eigenvalue weighted by molar-refractivity contribution is 0.0815. The monoisotopic (exact) mass is 220 g/mol. The Labute approximate surface area is 94.1 Å². The van der Waals surface area contributed by atoms with Crippen LogP contribution in [0.25, 0.3) is 0 Å². The molecular formula is C12H16N2O2. The number of amides is 1. The van der Waals surface area contributed by atoms with E-state index in [2.05, 4.69) is 17.2 Å². The van der Waals surface area contributed by atoms with Gasteiger partial charge in [-0.1, -0.05) is 13.0 Å². The average Bonchev–Trinajstić information content (AvgIpc) is 2.23. The van der Waals surface area contributed by atoms with Gasteiger partial charge in [-0.15, -0.1) is 0 Å². The Morgan fingerprint density at radius 2 is 2.25 bits per heavy atom. The van der Waals surface area contributed by atoms with E-state index in [0.717, 1.165) is 19.3 Å². The lowest BCUT2D eigenvalue weighted by Crippen LogP contribution is -2.53. The maximum Gasteiger partial charge on any atom is 0.268 e. The molecule has 0 aromatic carbocycles. The first-order chi connectivity index (χ1) is 7.65. The lowest BCUT2D eigenvalue weighted by Gasteiger charge is -2.41. The van der Waals surface area contributed by atoms with Gasteiger partial charge in [0.05, 0.1) is 0 Å². The zero-order chi connectivity index (χ0) is 11.6. The zero-order valence-electron chi connectivity index (χ0n) is 9.38. The second kappa shape index (κ2) is 4.12. The van der Waals surface area contributed by atoms with E-state index in [0.29, 0.717) is 5.69 Å². The third-order valence-electron chi connectivity index (χ3n) is 3.38. The number of H-pyrrole nitrogens is 1. The number of carbonyl (C=O) groups excluding carboxylic acids is 1. The predicted octanol–water partition coefficient (Wildman–Crippen LogP) is 1.44. The van der Waals surface area contributed by atoms with Gasteiger partial charge in [0.2, 0.25) is 5.56 Å². The molecule has 4 nitrogen and oxygen atoms in total. The van der Waals surface area contributed by atoms with Crippen molar-refractivity contribution in [1.82, 2.24) is 10.3 Å². The van der Waals surface area contributed by atoms with E-state index in [1.165, 1.54) is 12.5 Å². The summed E-state index contributed by atoms with van der Waals surface area (Å²) in [5.41, 5.74) is 0.0584. The summed E-state index contributed by atoms with van der Waals surface area (Å²) >= 11 is 0. The lowest BCUT2D eigenvalue weighted by atomic mass is 9.75. The highest BCUT2D eigenvalue weighted by atomic mass is 16.2. The Balaban J connectivity index is 2.11. The Morgan fingerprint density at radius 1 is 1.50 bits per heavy atom. The van der Waals surface area contributed by atoms with Crippen LogP contribution in [0.2, 0.25) is 0 Å². The molecule has 0 radical (unpaired) electrons. The fraction of sp³-hybridized carbons (Fsp3) is 0.500. The molecule has 1 aromatic rings. The molecular weight excluding hydrogens is 204 g/mol. The van der Waals surface area contributed by atoms with Crippen LogP contribution in [0, 0.1) is 0 Å². The summed E-state index contributed by atoms with van der Waals surface area (Å²) in [6.07, 6.45) is 4.17. The molecule has 0 saturated heterocycles. The van der Waals surface area contributed by atoms with Gasteiger partial charge in [-0.3, -0.25) is 9.59 Å². The number of hydrogen-bond donors (Lipinski definition) is 2. The third kappa shape index (κ3) is 2.01. The third-order valence-corrected chi connectivity index (χ3v) is 3.38. The molecule has 0 aliphatic heterocycles. The fourth-order valence-corrected chi connectivity index (χ4v) is 2.06. The Bertz CT molecular complexity index is 441. The molecule has 4 heteroatoms. The topological polar surface area (TPSA) is 62.0 Å². The van der Waals surface area contributed by atoms with Crippen molar-refractivity contribution in [2.75, 3.05) is 0 Å². The van der Waals surface area contributed by atoms with Crippen molar-refractivity contribution in [3.05, 3.63) is 34.2 Å². The molecule has 1 fully saturated rings. The molecule has 1 saturated carbocycles. The highest BCUT2D eigenvalue weighted by Gasteiger charge is 2.36. The van der Waals surface area contributed by atoms with Gasteiger partial charge in [-0.05, 0) is 31.7 Å². The minimum Gasteiger partial charge on any atom is -0.345 e. The van der Waals surface area contributed by atoms with Crippen LogP contribution in [-0.2, 0) is 0 Å². The smallest absolute Gasteiger partial charge is 0.268 e. The van der Waals surface area contributed by atoms with E-state index in [1.807, 2.05) is 0 Å². The van der Waals surface area contributed by atoms with Gasteiger partial charge >= 0.3 is 0 Å². The Morgan fingerprint density at radius 3 is 2.75 bits per heavy atom. The van der Waals surface area contributed by atoms with E-state index >= 15 is 0 Å². The highest BCUT2D eigenvalue weighted by Crippen LogP contribution is 2.34. The summed E-state index contributed by atoms with van der Waals surface area (Å²) in [6, 6.07) is 4.61. The molecule has 1 aliphatic carbocycles. The second-order valence-electron chi connectivity index (χ2n) is 4.37. The summed E-state index contributed by atoms with van der Waals surface area (Å²) in [4.78, 5) is 25.5. The van der Waals surface area contributed by atoms with E-state index < -0.39 is 0 Å². The summed E-state index contributed by atoms with van der Waals surface area (Å²) in [6.45, 7) is 2.08. The van der Waals surface area contributed by atoms with Crippen molar-refractivity contribution in [1.29, 1.82) is 0 Å². The van der Waals surface area contributed by atoms with Gasteiger partial charge in [-0.25, -0.2) is 0 Å². The predicted molar refractivity (Wildman–Crippen MR) is 61.4 cm³/mol. The molecule has 86 valence electrons. The number of hydrogen-bond acceptors (Lipinski definition) is 2. The summed E-state index contributed by atoms with van der Waals surface area (Å²) in [5, 5.41) is 3.01. The summed E-state index contributed by atoms with van der Waals surface area (Å²) in [5.74, 6) is -0.181. The highest BCUT2D eigenvalue weighted by molar-refractivity contribution is 5.92. The first-order valence-corrected chi connectivity index (χ1v) is 5.67. The second-order valence-corrected chi connectivity index (χ2v) is 4.37. The van der Waals surface area contributed by atoms with Gasteiger partial charge in [0.1, 0.15) is 5.69 Å². The van der Waals surface area contributed by atoms with Crippen molar-refractivity contribution in [2.24, 2.45) is 0 Å². The van der Waals surface area contributed by atoms with Crippen LogP contribution in [0.15, 0.2) is 23.0 Å². The molecule has 1 amide bonds. The molecule has 1 aliphatic rings. The molecule has 1 aromatic heterocycles. The van der Waals surface area contributed by atoms with Crippen LogP contribution >= 0.6 is 0 Å². The molecule has 0 bridgehead atoms. The van der Waals surface area contributed by atoms with E-state index in [1.54, 1.807) is 12.1 Å². The summed E-state index contributed by atoms with van der Waals surface area (Å²) < 4.78 is 0.